The lowest BCUT2D eigenvalue weighted by molar-refractivity contribution is -0.126. The van der Waals surface area contributed by atoms with Crippen molar-refractivity contribution in [3.63, 3.8) is 0 Å². The molecular formula is C16H26N4O2. The van der Waals surface area contributed by atoms with Crippen molar-refractivity contribution in [3.8, 4) is 0 Å². The molecule has 0 unspecified atom stereocenters. The van der Waals surface area contributed by atoms with E-state index in [4.69, 9.17) is 0 Å². The van der Waals surface area contributed by atoms with Crippen LogP contribution in [0.1, 0.15) is 34.1 Å². The van der Waals surface area contributed by atoms with Crippen LogP contribution in [-0.4, -0.2) is 34.7 Å². The predicted molar refractivity (Wildman–Crippen MR) is 85.4 cm³/mol. The van der Waals surface area contributed by atoms with E-state index in [0.717, 1.165) is 12.2 Å². The van der Waals surface area contributed by atoms with Crippen LogP contribution in [0.5, 0.6) is 0 Å². The highest BCUT2D eigenvalue weighted by Gasteiger charge is 2.35. The zero-order valence-electron chi connectivity index (χ0n) is 13.9. The molecule has 1 saturated heterocycles. The molecule has 6 nitrogen and oxygen atoms in total. The Labute approximate surface area is 131 Å². The Kier molecular flexibility index (Phi) is 5.21. The van der Waals surface area contributed by atoms with Gasteiger partial charge in [-0.1, -0.05) is 27.7 Å². The van der Waals surface area contributed by atoms with Gasteiger partial charge in [0.2, 0.25) is 11.8 Å². The summed E-state index contributed by atoms with van der Waals surface area (Å²) in [6, 6.07) is 0. The van der Waals surface area contributed by atoms with E-state index in [1.165, 1.54) is 0 Å². The summed E-state index contributed by atoms with van der Waals surface area (Å²) in [6.45, 7) is 10.3. The Bertz CT molecular complexity index is 536. The first kappa shape index (κ1) is 16.5. The molecule has 2 amide bonds. The molecule has 1 aromatic heterocycles. The standard InChI is InChI=1S/C16H26N4O2/c1-11(2)6-17-16(22)13-5-15(21)20(9-13)14-7-18-19(10-14)8-12(3)4/h7,10-13H,5-6,8-9H2,1-4H3,(H,17,22)/t13-/m0/s1. The number of nitrogens with zero attached hydrogens (tertiary/aromatic N) is 3. The van der Waals surface area contributed by atoms with Crippen LogP contribution >= 0.6 is 0 Å². The molecule has 2 rings (SSSR count). The molecule has 2 heterocycles. The molecule has 1 aliphatic heterocycles. The Morgan fingerprint density at radius 3 is 2.73 bits per heavy atom. The van der Waals surface area contributed by atoms with Crippen molar-refractivity contribution >= 4 is 17.5 Å². The summed E-state index contributed by atoms with van der Waals surface area (Å²) in [5.74, 6) is 0.607. The smallest absolute Gasteiger partial charge is 0.227 e. The van der Waals surface area contributed by atoms with E-state index >= 15 is 0 Å². The summed E-state index contributed by atoms with van der Waals surface area (Å²) in [4.78, 5) is 26.0. The van der Waals surface area contributed by atoms with Crippen molar-refractivity contribution in [2.24, 2.45) is 17.8 Å². The first-order chi connectivity index (χ1) is 10.4. The minimum atomic E-state index is -0.264. The summed E-state index contributed by atoms with van der Waals surface area (Å²) < 4.78 is 1.85. The van der Waals surface area contributed by atoms with E-state index < -0.39 is 0 Å². The van der Waals surface area contributed by atoms with Gasteiger partial charge in [0.05, 0.1) is 17.8 Å². The third-order valence-electron chi connectivity index (χ3n) is 3.66. The number of carbonyl (C=O) groups excluding carboxylic acids is 2. The molecule has 1 aromatic rings. The predicted octanol–water partition coefficient (Wildman–Crippen LogP) is 1.66. The van der Waals surface area contributed by atoms with Crippen LogP contribution in [0.15, 0.2) is 12.4 Å². The molecular weight excluding hydrogens is 280 g/mol. The maximum absolute atomic E-state index is 12.2. The number of amides is 2. The zero-order valence-corrected chi connectivity index (χ0v) is 13.9. The van der Waals surface area contributed by atoms with E-state index in [-0.39, 0.29) is 24.2 Å². The highest BCUT2D eigenvalue weighted by molar-refractivity contribution is 6.00. The van der Waals surface area contributed by atoms with Gasteiger partial charge in [-0.25, -0.2) is 0 Å². The molecule has 22 heavy (non-hydrogen) atoms. The van der Waals surface area contributed by atoms with E-state index in [1.807, 2.05) is 10.9 Å². The van der Waals surface area contributed by atoms with Crippen LogP contribution in [0.4, 0.5) is 5.69 Å². The van der Waals surface area contributed by atoms with Crippen LogP contribution in [-0.2, 0) is 16.1 Å². The highest BCUT2D eigenvalue weighted by atomic mass is 16.2. The third-order valence-corrected chi connectivity index (χ3v) is 3.66. The first-order valence-electron chi connectivity index (χ1n) is 7.97. The quantitative estimate of drug-likeness (QED) is 0.869. The van der Waals surface area contributed by atoms with Gasteiger partial charge in [0.15, 0.2) is 0 Å². The van der Waals surface area contributed by atoms with Crippen LogP contribution < -0.4 is 10.2 Å². The van der Waals surface area contributed by atoms with Crippen molar-refractivity contribution in [2.45, 2.75) is 40.7 Å². The second kappa shape index (κ2) is 6.94. The van der Waals surface area contributed by atoms with E-state index in [1.54, 1.807) is 11.1 Å². The van der Waals surface area contributed by atoms with Crippen molar-refractivity contribution in [3.05, 3.63) is 12.4 Å². The fourth-order valence-corrected chi connectivity index (χ4v) is 2.55. The second-order valence-corrected chi connectivity index (χ2v) is 6.86. The van der Waals surface area contributed by atoms with Gasteiger partial charge in [-0.15, -0.1) is 0 Å². The van der Waals surface area contributed by atoms with Crippen LogP contribution in [0.2, 0.25) is 0 Å². The van der Waals surface area contributed by atoms with Gasteiger partial charge in [-0.3, -0.25) is 14.3 Å². The van der Waals surface area contributed by atoms with Crippen LogP contribution in [0.3, 0.4) is 0 Å². The van der Waals surface area contributed by atoms with E-state index in [0.29, 0.717) is 24.9 Å². The van der Waals surface area contributed by atoms with Gasteiger partial charge in [0.1, 0.15) is 0 Å². The molecule has 1 fully saturated rings. The number of rotatable bonds is 6. The topological polar surface area (TPSA) is 67.2 Å². The SMILES string of the molecule is CC(C)CNC(=O)[C@H]1CC(=O)N(c2cnn(CC(C)C)c2)C1. The van der Waals surface area contributed by atoms with Crippen molar-refractivity contribution < 1.29 is 9.59 Å². The summed E-state index contributed by atoms with van der Waals surface area (Å²) in [6.07, 6.45) is 3.86. The molecule has 0 radical (unpaired) electrons. The van der Waals surface area contributed by atoms with Gasteiger partial charge in [-0.2, -0.15) is 5.10 Å². The fraction of sp³-hybridized carbons (Fsp3) is 0.688. The Morgan fingerprint density at radius 2 is 2.09 bits per heavy atom. The molecule has 1 N–H and O–H groups in total. The van der Waals surface area contributed by atoms with Gasteiger partial charge in [0, 0.05) is 32.3 Å². The largest absolute Gasteiger partial charge is 0.356 e. The van der Waals surface area contributed by atoms with Gasteiger partial charge in [0.25, 0.3) is 0 Å². The van der Waals surface area contributed by atoms with Gasteiger partial charge >= 0.3 is 0 Å². The van der Waals surface area contributed by atoms with Crippen LogP contribution in [0.25, 0.3) is 0 Å². The second-order valence-electron chi connectivity index (χ2n) is 6.86. The fourth-order valence-electron chi connectivity index (χ4n) is 2.55. The molecule has 0 bridgehead atoms. The van der Waals surface area contributed by atoms with E-state index in [9.17, 15) is 9.59 Å². The molecule has 6 heteroatoms. The maximum Gasteiger partial charge on any atom is 0.227 e. The normalized spacial score (nSPS) is 18.5. The van der Waals surface area contributed by atoms with Crippen molar-refractivity contribution in [2.75, 3.05) is 18.0 Å². The average Bonchev–Trinajstić information content (AvgIpc) is 3.01. The van der Waals surface area contributed by atoms with Gasteiger partial charge < -0.3 is 10.2 Å². The monoisotopic (exact) mass is 306 g/mol. The lowest BCUT2D eigenvalue weighted by Gasteiger charge is -2.15. The number of aromatic nitrogens is 2. The number of anilines is 1. The molecule has 0 saturated carbocycles. The number of nitrogens with one attached hydrogen (secondary N) is 1. The minimum absolute atomic E-state index is 0.00575. The molecule has 0 aliphatic carbocycles. The first-order valence-corrected chi connectivity index (χ1v) is 7.97. The molecule has 0 spiro atoms. The number of carbonyl (C=O) groups is 2. The maximum atomic E-state index is 12.2. The van der Waals surface area contributed by atoms with Crippen molar-refractivity contribution in [1.82, 2.24) is 15.1 Å². The number of hydrogen-bond donors (Lipinski definition) is 1. The molecule has 1 atom stereocenters. The van der Waals surface area contributed by atoms with Gasteiger partial charge in [-0.05, 0) is 11.8 Å². The summed E-state index contributed by atoms with van der Waals surface area (Å²) in [7, 11) is 0. The Balaban J connectivity index is 1.97. The lowest BCUT2D eigenvalue weighted by Crippen LogP contribution is -2.34. The summed E-state index contributed by atoms with van der Waals surface area (Å²) >= 11 is 0. The molecule has 1 aliphatic rings. The Hall–Kier alpha value is -1.85. The minimum Gasteiger partial charge on any atom is -0.356 e. The average molecular weight is 306 g/mol. The Morgan fingerprint density at radius 1 is 1.36 bits per heavy atom. The highest BCUT2D eigenvalue weighted by Crippen LogP contribution is 2.25. The lowest BCUT2D eigenvalue weighted by atomic mass is 10.1. The number of hydrogen-bond acceptors (Lipinski definition) is 3. The third kappa shape index (κ3) is 4.08. The summed E-state index contributed by atoms with van der Waals surface area (Å²) in [5, 5.41) is 7.20. The van der Waals surface area contributed by atoms with Crippen LogP contribution in [0, 0.1) is 17.8 Å². The van der Waals surface area contributed by atoms with E-state index in [2.05, 4.69) is 38.1 Å². The molecule has 0 aromatic carbocycles. The molecule has 122 valence electrons. The zero-order chi connectivity index (χ0) is 16.3. The van der Waals surface area contributed by atoms with Crippen molar-refractivity contribution in [1.29, 1.82) is 0 Å². The summed E-state index contributed by atoms with van der Waals surface area (Å²) in [5.41, 5.74) is 0.782.